The highest BCUT2D eigenvalue weighted by molar-refractivity contribution is 7.89. The summed E-state index contributed by atoms with van der Waals surface area (Å²) in [5.74, 6) is -0.298. The van der Waals surface area contributed by atoms with Gasteiger partial charge in [-0.1, -0.05) is 19.1 Å². The Morgan fingerprint density at radius 2 is 2.05 bits per heavy atom. The smallest absolute Gasteiger partial charge is 0.243 e. The zero-order valence-corrected chi connectivity index (χ0v) is 13.7. The SMILES string of the molecule is CC1CCC(C)N(S(=O)(=O)c2ccc(F)c(C(N)=S)c2)C1. The predicted molar refractivity (Wildman–Crippen MR) is 84.0 cm³/mol. The summed E-state index contributed by atoms with van der Waals surface area (Å²) in [7, 11) is -3.67. The van der Waals surface area contributed by atoms with Crippen LogP contribution in [0.2, 0.25) is 0 Å². The molecule has 0 bridgehead atoms. The number of piperidine rings is 1. The van der Waals surface area contributed by atoms with E-state index in [0.29, 0.717) is 12.5 Å². The Bertz CT molecular complexity index is 661. The lowest BCUT2D eigenvalue weighted by Crippen LogP contribution is -2.44. The van der Waals surface area contributed by atoms with Crippen LogP contribution in [-0.4, -0.2) is 30.3 Å². The van der Waals surface area contributed by atoms with Crippen molar-refractivity contribution in [3.63, 3.8) is 0 Å². The fraction of sp³-hybridized carbons (Fsp3) is 0.500. The molecule has 1 aromatic carbocycles. The first-order valence-corrected chi connectivity index (χ1v) is 8.69. The number of nitrogens with zero attached hydrogens (tertiary/aromatic N) is 1. The highest BCUT2D eigenvalue weighted by Gasteiger charge is 2.33. The Kier molecular flexibility index (Phi) is 4.65. The number of nitrogens with two attached hydrogens (primary N) is 1. The minimum atomic E-state index is -3.67. The van der Waals surface area contributed by atoms with Crippen LogP contribution >= 0.6 is 12.2 Å². The summed E-state index contributed by atoms with van der Waals surface area (Å²) in [6.07, 6.45) is 1.83. The number of hydrogen-bond donors (Lipinski definition) is 1. The molecule has 116 valence electrons. The van der Waals surface area contributed by atoms with Gasteiger partial charge in [-0.25, -0.2) is 12.8 Å². The van der Waals surface area contributed by atoms with Crippen molar-refractivity contribution >= 4 is 27.2 Å². The van der Waals surface area contributed by atoms with Crippen molar-refractivity contribution in [2.75, 3.05) is 6.54 Å². The molecule has 1 fully saturated rings. The Labute approximate surface area is 130 Å². The molecule has 1 aromatic rings. The van der Waals surface area contributed by atoms with Crippen molar-refractivity contribution < 1.29 is 12.8 Å². The lowest BCUT2D eigenvalue weighted by Gasteiger charge is -2.35. The molecule has 1 saturated heterocycles. The Balaban J connectivity index is 2.44. The molecule has 0 spiro atoms. The van der Waals surface area contributed by atoms with Gasteiger partial charge in [0.2, 0.25) is 10.0 Å². The lowest BCUT2D eigenvalue weighted by molar-refractivity contribution is 0.218. The summed E-state index contributed by atoms with van der Waals surface area (Å²) in [5, 5.41) is 0. The summed E-state index contributed by atoms with van der Waals surface area (Å²) in [6, 6.07) is 3.51. The molecule has 21 heavy (non-hydrogen) atoms. The molecular weight excluding hydrogens is 311 g/mol. The normalized spacial score (nSPS) is 24.0. The molecule has 2 N–H and O–H groups in total. The molecule has 1 heterocycles. The molecule has 2 unspecified atom stereocenters. The van der Waals surface area contributed by atoms with E-state index in [1.807, 2.05) is 13.8 Å². The molecule has 0 aliphatic carbocycles. The van der Waals surface area contributed by atoms with Crippen LogP contribution in [-0.2, 0) is 10.0 Å². The summed E-state index contributed by atoms with van der Waals surface area (Å²) in [5.41, 5.74) is 5.40. The number of thiocarbonyl (C=S) groups is 1. The van der Waals surface area contributed by atoms with E-state index in [9.17, 15) is 12.8 Å². The van der Waals surface area contributed by atoms with E-state index in [4.69, 9.17) is 18.0 Å². The molecule has 0 saturated carbocycles. The quantitative estimate of drug-likeness (QED) is 0.864. The highest BCUT2D eigenvalue weighted by atomic mass is 32.2. The number of rotatable bonds is 3. The first-order chi connectivity index (χ1) is 9.73. The van der Waals surface area contributed by atoms with Crippen molar-refractivity contribution in [2.24, 2.45) is 11.7 Å². The van der Waals surface area contributed by atoms with Gasteiger partial charge in [-0.05, 0) is 43.9 Å². The van der Waals surface area contributed by atoms with Crippen LogP contribution < -0.4 is 5.73 Å². The van der Waals surface area contributed by atoms with Crippen LogP contribution in [0.5, 0.6) is 0 Å². The molecule has 1 aliphatic rings. The maximum absolute atomic E-state index is 13.6. The fourth-order valence-corrected chi connectivity index (χ4v) is 4.54. The van der Waals surface area contributed by atoms with Crippen LogP contribution in [0, 0.1) is 11.7 Å². The lowest BCUT2D eigenvalue weighted by atomic mass is 9.97. The third-order valence-corrected chi connectivity index (χ3v) is 6.07. The molecule has 2 rings (SSSR count). The summed E-state index contributed by atoms with van der Waals surface area (Å²) in [4.78, 5) is -0.114. The Morgan fingerprint density at radius 1 is 1.38 bits per heavy atom. The van der Waals surface area contributed by atoms with Crippen molar-refractivity contribution in [1.82, 2.24) is 4.31 Å². The van der Waals surface area contributed by atoms with E-state index in [-0.39, 0.29) is 21.5 Å². The average molecular weight is 330 g/mol. The summed E-state index contributed by atoms with van der Waals surface area (Å²) < 4.78 is 40.6. The first-order valence-electron chi connectivity index (χ1n) is 6.84. The molecule has 4 nitrogen and oxygen atoms in total. The van der Waals surface area contributed by atoms with Crippen molar-refractivity contribution in [3.05, 3.63) is 29.6 Å². The molecule has 1 aliphatic heterocycles. The van der Waals surface area contributed by atoms with Crippen LogP contribution in [0.15, 0.2) is 23.1 Å². The van der Waals surface area contributed by atoms with E-state index >= 15 is 0 Å². The van der Waals surface area contributed by atoms with Crippen LogP contribution in [0.25, 0.3) is 0 Å². The first kappa shape index (κ1) is 16.3. The molecule has 0 amide bonds. The van der Waals surface area contributed by atoms with Gasteiger partial charge in [0.1, 0.15) is 10.8 Å². The zero-order chi connectivity index (χ0) is 15.8. The van der Waals surface area contributed by atoms with Crippen molar-refractivity contribution in [3.8, 4) is 0 Å². The third kappa shape index (κ3) is 3.25. The summed E-state index contributed by atoms with van der Waals surface area (Å²) in [6.45, 7) is 4.39. The number of hydrogen-bond acceptors (Lipinski definition) is 3. The van der Waals surface area contributed by atoms with E-state index < -0.39 is 15.8 Å². The van der Waals surface area contributed by atoms with Gasteiger partial charge in [-0.3, -0.25) is 0 Å². The van der Waals surface area contributed by atoms with Crippen LogP contribution in [0.1, 0.15) is 32.3 Å². The monoisotopic (exact) mass is 330 g/mol. The zero-order valence-electron chi connectivity index (χ0n) is 12.0. The maximum atomic E-state index is 13.6. The van der Waals surface area contributed by atoms with Crippen molar-refractivity contribution in [2.45, 2.75) is 37.6 Å². The second-order valence-electron chi connectivity index (χ2n) is 5.61. The van der Waals surface area contributed by atoms with Gasteiger partial charge in [-0.15, -0.1) is 0 Å². The minimum absolute atomic E-state index is 0.0349. The molecule has 0 aromatic heterocycles. The topological polar surface area (TPSA) is 63.4 Å². The van der Waals surface area contributed by atoms with Gasteiger partial charge in [0.15, 0.2) is 0 Å². The second kappa shape index (κ2) is 5.98. The summed E-state index contributed by atoms with van der Waals surface area (Å²) >= 11 is 4.76. The van der Waals surface area contributed by atoms with E-state index in [2.05, 4.69) is 0 Å². The molecule has 2 atom stereocenters. The number of halogens is 1. The fourth-order valence-electron chi connectivity index (χ4n) is 2.57. The number of benzene rings is 1. The van der Waals surface area contributed by atoms with E-state index in [1.54, 1.807) is 0 Å². The second-order valence-corrected chi connectivity index (χ2v) is 7.94. The largest absolute Gasteiger partial charge is 0.389 e. The average Bonchev–Trinajstić information content (AvgIpc) is 2.41. The van der Waals surface area contributed by atoms with Crippen molar-refractivity contribution in [1.29, 1.82) is 0 Å². The van der Waals surface area contributed by atoms with Gasteiger partial charge in [0, 0.05) is 18.2 Å². The molecule has 0 radical (unpaired) electrons. The third-order valence-electron chi connectivity index (χ3n) is 3.87. The van der Waals surface area contributed by atoms with Gasteiger partial charge in [0.25, 0.3) is 0 Å². The predicted octanol–water partition coefficient (Wildman–Crippen LogP) is 2.27. The highest BCUT2D eigenvalue weighted by Crippen LogP contribution is 2.28. The van der Waals surface area contributed by atoms with E-state index in [1.165, 1.54) is 16.4 Å². The van der Waals surface area contributed by atoms with Gasteiger partial charge in [-0.2, -0.15) is 4.31 Å². The maximum Gasteiger partial charge on any atom is 0.243 e. The molecule has 7 heteroatoms. The van der Waals surface area contributed by atoms with Crippen LogP contribution in [0.4, 0.5) is 4.39 Å². The van der Waals surface area contributed by atoms with Crippen LogP contribution in [0.3, 0.4) is 0 Å². The molecular formula is C14H19FN2O2S2. The van der Waals surface area contributed by atoms with Gasteiger partial charge < -0.3 is 5.73 Å². The van der Waals surface area contributed by atoms with E-state index in [0.717, 1.165) is 18.9 Å². The number of sulfonamides is 1. The standard InChI is InChI=1S/C14H19FN2O2S2/c1-9-3-4-10(2)17(8-9)21(18,19)11-5-6-13(15)12(7-11)14(16)20/h5-7,9-10H,3-4,8H2,1-2H3,(H2,16,20). The Hall–Kier alpha value is -1.05. The van der Waals surface area contributed by atoms with Gasteiger partial charge in [0.05, 0.1) is 4.90 Å². The van der Waals surface area contributed by atoms with Gasteiger partial charge >= 0.3 is 0 Å². The Morgan fingerprint density at radius 3 is 2.67 bits per heavy atom. The minimum Gasteiger partial charge on any atom is -0.389 e.